The van der Waals surface area contributed by atoms with Gasteiger partial charge in [0.05, 0.1) is 5.69 Å². The third-order valence-corrected chi connectivity index (χ3v) is 3.45. The van der Waals surface area contributed by atoms with Crippen LogP contribution in [0.5, 0.6) is 0 Å². The highest BCUT2D eigenvalue weighted by molar-refractivity contribution is 6.03. The standard InChI is InChI=1S/C19H16FN3O/c1-13-6-8-14(9-7-13)23-19(24)18-12-15(10-11-21-18)22-17-5-3-2-4-16(17)20/h2-12H,1H3,(H,21,22)(H,23,24). The van der Waals surface area contributed by atoms with Crippen molar-refractivity contribution in [3.63, 3.8) is 0 Å². The first-order valence-electron chi connectivity index (χ1n) is 7.47. The number of pyridine rings is 1. The van der Waals surface area contributed by atoms with E-state index in [2.05, 4.69) is 15.6 Å². The summed E-state index contributed by atoms with van der Waals surface area (Å²) in [5.41, 5.74) is 2.98. The third-order valence-electron chi connectivity index (χ3n) is 3.45. The molecular weight excluding hydrogens is 305 g/mol. The van der Waals surface area contributed by atoms with E-state index in [1.165, 1.54) is 12.3 Å². The topological polar surface area (TPSA) is 54.0 Å². The molecular formula is C19H16FN3O. The molecule has 24 heavy (non-hydrogen) atoms. The van der Waals surface area contributed by atoms with Gasteiger partial charge in [-0.25, -0.2) is 4.39 Å². The number of halogens is 1. The lowest BCUT2D eigenvalue weighted by molar-refractivity contribution is 0.102. The first-order valence-corrected chi connectivity index (χ1v) is 7.47. The fraction of sp³-hybridized carbons (Fsp3) is 0.0526. The molecule has 2 N–H and O–H groups in total. The van der Waals surface area contributed by atoms with Crippen LogP contribution in [-0.2, 0) is 0 Å². The van der Waals surface area contributed by atoms with Gasteiger partial charge >= 0.3 is 0 Å². The summed E-state index contributed by atoms with van der Waals surface area (Å²) in [6, 6.07) is 17.1. The molecule has 0 saturated heterocycles. The quantitative estimate of drug-likeness (QED) is 0.742. The van der Waals surface area contributed by atoms with Gasteiger partial charge in [0, 0.05) is 17.6 Å². The molecule has 0 aliphatic rings. The van der Waals surface area contributed by atoms with Gasteiger partial charge in [-0.05, 0) is 43.3 Å². The van der Waals surface area contributed by atoms with Crippen LogP contribution in [0.3, 0.4) is 0 Å². The van der Waals surface area contributed by atoms with Crippen LogP contribution < -0.4 is 10.6 Å². The highest BCUT2D eigenvalue weighted by Crippen LogP contribution is 2.20. The number of carbonyl (C=O) groups excluding carboxylic acids is 1. The van der Waals surface area contributed by atoms with Crippen LogP contribution >= 0.6 is 0 Å². The molecule has 0 fully saturated rings. The molecule has 0 aliphatic carbocycles. The summed E-state index contributed by atoms with van der Waals surface area (Å²) in [5, 5.41) is 5.73. The molecule has 120 valence electrons. The molecule has 3 rings (SSSR count). The Kier molecular flexibility index (Phi) is 4.52. The average molecular weight is 321 g/mol. The van der Waals surface area contributed by atoms with E-state index < -0.39 is 0 Å². The Hall–Kier alpha value is -3.21. The number of nitrogens with zero attached hydrogens (tertiary/aromatic N) is 1. The molecule has 2 aromatic carbocycles. The summed E-state index contributed by atoms with van der Waals surface area (Å²) >= 11 is 0. The van der Waals surface area contributed by atoms with Gasteiger partial charge < -0.3 is 10.6 Å². The van der Waals surface area contributed by atoms with Crippen LogP contribution in [0.4, 0.5) is 21.5 Å². The van der Waals surface area contributed by atoms with Crippen molar-refractivity contribution in [1.82, 2.24) is 4.98 Å². The first kappa shape index (κ1) is 15.7. The summed E-state index contributed by atoms with van der Waals surface area (Å²) in [4.78, 5) is 16.4. The molecule has 0 spiro atoms. The molecule has 4 nitrogen and oxygen atoms in total. The van der Waals surface area contributed by atoms with Crippen molar-refractivity contribution < 1.29 is 9.18 Å². The third kappa shape index (κ3) is 3.76. The number of hydrogen-bond donors (Lipinski definition) is 2. The van der Waals surface area contributed by atoms with Crippen molar-refractivity contribution in [2.24, 2.45) is 0 Å². The zero-order valence-corrected chi connectivity index (χ0v) is 13.1. The van der Waals surface area contributed by atoms with E-state index in [0.29, 0.717) is 17.1 Å². The zero-order chi connectivity index (χ0) is 16.9. The summed E-state index contributed by atoms with van der Waals surface area (Å²) in [5.74, 6) is -0.684. The minimum absolute atomic E-state index is 0.247. The van der Waals surface area contributed by atoms with Crippen LogP contribution in [0.15, 0.2) is 66.9 Å². The Morgan fingerprint density at radius 2 is 1.75 bits per heavy atom. The van der Waals surface area contributed by atoms with E-state index in [-0.39, 0.29) is 17.4 Å². The second kappa shape index (κ2) is 6.91. The summed E-state index contributed by atoms with van der Waals surface area (Å²) in [6.07, 6.45) is 1.51. The van der Waals surface area contributed by atoms with Crippen molar-refractivity contribution in [1.29, 1.82) is 0 Å². The maximum Gasteiger partial charge on any atom is 0.274 e. The van der Waals surface area contributed by atoms with Gasteiger partial charge in [-0.1, -0.05) is 29.8 Å². The smallest absolute Gasteiger partial charge is 0.274 e. The number of benzene rings is 2. The van der Waals surface area contributed by atoms with Gasteiger partial charge in [0.25, 0.3) is 5.91 Å². The zero-order valence-electron chi connectivity index (χ0n) is 13.1. The number of anilines is 3. The second-order valence-corrected chi connectivity index (χ2v) is 5.35. The van der Waals surface area contributed by atoms with E-state index in [9.17, 15) is 9.18 Å². The lowest BCUT2D eigenvalue weighted by Crippen LogP contribution is -2.13. The van der Waals surface area contributed by atoms with Crippen molar-refractivity contribution in [2.75, 3.05) is 10.6 Å². The summed E-state index contributed by atoms with van der Waals surface area (Å²) in [6.45, 7) is 1.98. The second-order valence-electron chi connectivity index (χ2n) is 5.35. The number of carbonyl (C=O) groups is 1. The Morgan fingerprint density at radius 3 is 2.50 bits per heavy atom. The van der Waals surface area contributed by atoms with E-state index in [0.717, 1.165) is 5.56 Å². The molecule has 0 unspecified atom stereocenters. The molecule has 1 amide bonds. The van der Waals surface area contributed by atoms with Crippen molar-refractivity contribution in [3.05, 3.63) is 83.9 Å². The van der Waals surface area contributed by atoms with Crippen LogP contribution in [0.25, 0.3) is 0 Å². The normalized spacial score (nSPS) is 10.2. The number of aryl methyl sites for hydroxylation is 1. The number of amides is 1. The van der Waals surface area contributed by atoms with Gasteiger partial charge in [0.2, 0.25) is 0 Å². The highest BCUT2D eigenvalue weighted by Gasteiger charge is 2.09. The summed E-state index contributed by atoms with van der Waals surface area (Å²) < 4.78 is 13.7. The lowest BCUT2D eigenvalue weighted by Gasteiger charge is -2.09. The maximum atomic E-state index is 13.7. The molecule has 1 aromatic heterocycles. The minimum atomic E-state index is -0.361. The van der Waals surface area contributed by atoms with Gasteiger partial charge in [-0.3, -0.25) is 9.78 Å². The van der Waals surface area contributed by atoms with E-state index >= 15 is 0 Å². The average Bonchev–Trinajstić information content (AvgIpc) is 2.59. The van der Waals surface area contributed by atoms with Crippen molar-refractivity contribution >= 4 is 23.0 Å². The van der Waals surface area contributed by atoms with Crippen molar-refractivity contribution in [3.8, 4) is 0 Å². The highest BCUT2D eigenvalue weighted by atomic mass is 19.1. The van der Waals surface area contributed by atoms with Gasteiger partial charge in [0.1, 0.15) is 11.5 Å². The molecule has 0 aliphatic heterocycles. The number of hydrogen-bond acceptors (Lipinski definition) is 3. The molecule has 5 heteroatoms. The van der Waals surface area contributed by atoms with E-state index in [4.69, 9.17) is 0 Å². The minimum Gasteiger partial charge on any atom is -0.353 e. The lowest BCUT2D eigenvalue weighted by atomic mass is 10.2. The fourth-order valence-corrected chi connectivity index (χ4v) is 2.18. The fourth-order valence-electron chi connectivity index (χ4n) is 2.18. The molecule has 0 saturated carbocycles. The van der Waals surface area contributed by atoms with Crippen LogP contribution in [0.2, 0.25) is 0 Å². The maximum absolute atomic E-state index is 13.7. The predicted molar refractivity (Wildman–Crippen MR) is 93.1 cm³/mol. The van der Waals surface area contributed by atoms with Gasteiger partial charge in [0.15, 0.2) is 0 Å². The molecule has 1 heterocycles. The van der Waals surface area contributed by atoms with Crippen LogP contribution in [0, 0.1) is 12.7 Å². The monoisotopic (exact) mass is 321 g/mol. The van der Waals surface area contributed by atoms with Crippen molar-refractivity contribution in [2.45, 2.75) is 6.92 Å². The van der Waals surface area contributed by atoms with Crippen LogP contribution in [0.1, 0.15) is 16.1 Å². The molecule has 0 radical (unpaired) electrons. The van der Waals surface area contributed by atoms with Gasteiger partial charge in [-0.15, -0.1) is 0 Å². The van der Waals surface area contributed by atoms with Gasteiger partial charge in [-0.2, -0.15) is 0 Å². The number of para-hydroxylation sites is 1. The Bertz CT molecular complexity index is 862. The molecule has 0 bridgehead atoms. The predicted octanol–water partition coefficient (Wildman–Crippen LogP) is 4.53. The summed E-state index contributed by atoms with van der Waals surface area (Å²) in [7, 11) is 0. The van der Waals surface area contributed by atoms with E-state index in [1.807, 2.05) is 31.2 Å². The first-order chi connectivity index (χ1) is 11.6. The van der Waals surface area contributed by atoms with Crippen LogP contribution in [-0.4, -0.2) is 10.9 Å². The Morgan fingerprint density at radius 1 is 1.00 bits per heavy atom. The number of rotatable bonds is 4. The Balaban J connectivity index is 1.76. The van der Waals surface area contributed by atoms with E-state index in [1.54, 1.807) is 30.3 Å². The SMILES string of the molecule is Cc1ccc(NC(=O)c2cc(Nc3ccccc3F)ccn2)cc1. The molecule has 3 aromatic rings. The number of nitrogens with one attached hydrogen (secondary N) is 2. The molecule has 0 atom stereocenters. The largest absolute Gasteiger partial charge is 0.353 e. The number of aromatic nitrogens is 1. The Labute approximate surface area is 139 Å².